The molecule has 0 spiro atoms. The number of aliphatic hydroxyl groups is 1. The summed E-state index contributed by atoms with van der Waals surface area (Å²) >= 11 is 0. The lowest BCUT2D eigenvalue weighted by molar-refractivity contribution is 0.0365. The predicted molar refractivity (Wildman–Crippen MR) is 80.0 cm³/mol. The average molecular weight is 275 g/mol. The van der Waals surface area contributed by atoms with Gasteiger partial charge in [-0.05, 0) is 50.3 Å². The molecule has 1 aromatic rings. The van der Waals surface area contributed by atoms with Gasteiger partial charge >= 0.3 is 0 Å². The highest BCUT2D eigenvalue weighted by Gasteiger charge is 2.40. The van der Waals surface area contributed by atoms with Gasteiger partial charge in [0.25, 0.3) is 0 Å². The summed E-state index contributed by atoms with van der Waals surface area (Å²) in [6, 6.07) is 9.40. The van der Waals surface area contributed by atoms with Crippen LogP contribution in [0.3, 0.4) is 0 Å². The molecule has 0 radical (unpaired) electrons. The third kappa shape index (κ3) is 2.57. The standard InChI is InChI=1S/C17H25NO2/c1-18-14-7-8-15(18)10-13(9-14)16(19)11-12-5-3-4-6-17(12)20-2/h3-6,13-16,19H,7-11H2,1-2H3. The first-order valence-electron chi connectivity index (χ1n) is 7.71. The van der Waals surface area contributed by atoms with Crippen LogP contribution < -0.4 is 4.74 Å². The van der Waals surface area contributed by atoms with Crippen LogP contribution in [0.5, 0.6) is 5.75 Å². The minimum atomic E-state index is -0.247. The first-order valence-corrected chi connectivity index (χ1v) is 7.71. The van der Waals surface area contributed by atoms with Crippen molar-refractivity contribution in [3.63, 3.8) is 0 Å². The Kier molecular flexibility index (Phi) is 3.99. The van der Waals surface area contributed by atoms with Crippen molar-refractivity contribution in [3.8, 4) is 5.75 Å². The van der Waals surface area contributed by atoms with Crippen LogP contribution in [0.2, 0.25) is 0 Å². The van der Waals surface area contributed by atoms with Gasteiger partial charge in [0.05, 0.1) is 13.2 Å². The molecule has 2 saturated heterocycles. The highest BCUT2D eigenvalue weighted by atomic mass is 16.5. The molecule has 3 heteroatoms. The van der Waals surface area contributed by atoms with Gasteiger partial charge in [0, 0.05) is 18.5 Å². The molecule has 1 N–H and O–H groups in total. The summed E-state index contributed by atoms with van der Waals surface area (Å²) in [6.07, 6.45) is 5.35. The van der Waals surface area contributed by atoms with Gasteiger partial charge in [-0.2, -0.15) is 0 Å². The zero-order valence-electron chi connectivity index (χ0n) is 12.5. The SMILES string of the molecule is COc1ccccc1CC(O)C1CC2CCC(C1)N2C. The molecule has 110 valence electrons. The largest absolute Gasteiger partial charge is 0.496 e. The number of rotatable bonds is 4. The zero-order valence-corrected chi connectivity index (χ0v) is 12.5. The van der Waals surface area contributed by atoms with Gasteiger partial charge in [-0.1, -0.05) is 18.2 Å². The van der Waals surface area contributed by atoms with Crippen molar-refractivity contribution >= 4 is 0 Å². The topological polar surface area (TPSA) is 32.7 Å². The highest BCUT2D eigenvalue weighted by molar-refractivity contribution is 5.33. The van der Waals surface area contributed by atoms with E-state index in [1.807, 2.05) is 18.2 Å². The summed E-state index contributed by atoms with van der Waals surface area (Å²) in [5, 5.41) is 10.6. The lowest BCUT2D eigenvalue weighted by Crippen LogP contribution is -2.43. The molecular weight excluding hydrogens is 250 g/mol. The fourth-order valence-corrected chi connectivity index (χ4v) is 4.03. The number of hydrogen-bond acceptors (Lipinski definition) is 3. The van der Waals surface area contributed by atoms with Crippen molar-refractivity contribution in [2.45, 2.75) is 50.3 Å². The maximum atomic E-state index is 10.6. The normalized spacial score (nSPS) is 31.2. The molecule has 20 heavy (non-hydrogen) atoms. The molecule has 1 aromatic carbocycles. The molecule has 2 fully saturated rings. The molecule has 2 aliphatic heterocycles. The number of aliphatic hydroxyl groups excluding tert-OH is 1. The fourth-order valence-electron chi connectivity index (χ4n) is 4.03. The summed E-state index contributed by atoms with van der Waals surface area (Å²) in [5.41, 5.74) is 1.12. The minimum Gasteiger partial charge on any atom is -0.496 e. The van der Waals surface area contributed by atoms with Gasteiger partial charge in [0.15, 0.2) is 0 Å². The Balaban J connectivity index is 1.66. The van der Waals surface area contributed by atoms with E-state index in [-0.39, 0.29) is 6.10 Å². The second kappa shape index (κ2) is 5.74. The van der Waals surface area contributed by atoms with Crippen LogP contribution in [0.15, 0.2) is 24.3 Å². The zero-order chi connectivity index (χ0) is 14.1. The minimum absolute atomic E-state index is 0.247. The number of fused-ring (bicyclic) bond motifs is 2. The molecule has 0 aromatic heterocycles. The molecule has 3 rings (SSSR count). The maximum Gasteiger partial charge on any atom is 0.122 e. The van der Waals surface area contributed by atoms with Crippen molar-refractivity contribution in [2.24, 2.45) is 5.92 Å². The van der Waals surface area contributed by atoms with Crippen LogP contribution in [0, 0.1) is 5.92 Å². The van der Waals surface area contributed by atoms with Gasteiger partial charge in [0.2, 0.25) is 0 Å². The Labute approximate surface area is 121 Å². The van der Waals surface area contributed by atoms with Crippen LogP contribution >= 0.6 is 0 Å². The quantitative estimate of drug-likeness (QED) is 0.916. The summed E-state index contributed by atoms with van der Waals surface area (Å²) in [6.45, 7) is 0. The van der Waals surface area contributed by atoms with E-state index in [9.17, 15) is 5.11 Å². The van der Waals surface area contributed by atoms with Crippen molar-refractivity contribution in [1.29, 1.82) is 0 Å². The van der Waals surface area contributed by atoms with E-state index in [1.54, 1.807) is 7.11 Å². The van der Waals surface area contributed by atoms with E-state index in [4.69, 9.17) is 4.74 Å². The van der Waals surface area contributed by atoms with Crippen molar-refractivity contribution in [1.82, 2.24) is 4.90 Å². The van der Waals surface area contributed by atoms with Crippen LogP contribution in [0.25, 0.3) is 0 Å². The van der Waals surface area contributed by atoms with Gasteiger partial charge in [0.1, 0.15) is 5.75 Å². The molecular formula is C17H25NO2. The van der Waals surface area contributed by atoms with Crippen molar-refractivity contribution in [2.75, 3.05) is 14.2 Å². The third-order valence-electron chi connectivity index (χ3n) is 5.30. The fraction of sp³-hybridized carbons (Fsp3) is 0.647. The molecule has 2 heterocycles. The van der Waals surface area contributed by atoms with Crippen LogP contribution in [0.4, 0.5) is 0 Å². The van der Waals surface area contributed by atoms with Gasteiger partial charge < -0.3 is 14.7 Å². The van der Waals surface area contributed by atoms with E-state index in [1.165, 1.54) is 12.8 Å². The second-order valence-electron chi connectivity index (χ2n) is 6.37. The smallest absolute Gasteiger partial charge is 0.122 e. The summed E-state index contributed by atoms with van der Waals surface area (Å²) in [4.78, 5) is 2.52. The van der Waals surface area contributed by atoms with Gasteiger partial charge in [-0.15, -0.1) is 0 Å². The lowest BCUT2D eigenvalue weighted by Gasteiger charge is -2.38. The number of nitrogens with zero attached hydrogens (tertiary/aromatic N) is 1. The number of ether oxygens (including phenoxy) is 1. The summed E-state index contributed by atoms with van der Waals surface area (Å²) in [5.74, 6) is 1.33. The van der Waals surface area contributed by atoms with E-state index in [2.05, 4.69) is 18.0 Å². The second-order valence-corrected chi connectivity index (χ2v) is 6.37. The molecule has 0 amide bonds. The molecule has 0 aliphatic carbocycles. The van der Waals surface area contributed by atoms with Crippen molar-refractivity contribution in [3.05, 3.63) is 29.8 Å². The Morgan fingerprint density at radius 1 is 1.25 bits per heavy atom. The van der Waals surface area contributed by atoms with Crippen LogP contribution in [-0.4, -0.2) is 42.4 Å². The molecule has 2 bridgehead atoms. The molecule has 3 unspecified atom stereocenters. The Bertz CT molecular complexity index is 448. The Morgan fingerprint density at radius 3 is 2.55 bits per heavy atom. The molecule has 3 nitrogen and oxygen atoms in total. The van der Waals surface area contributed by atoms with Crippen LogP contribution in [-0.2, 0) is 6.42 Å². The first-order chi connectivity index (χ1) is 9.69. The Morgan fingerprint density at radius 2 is 1.90 bits per heavy atom. The monoisotopic (exact) mass is 275 g/mol. The van der Waals surface area contributed by atoms with Crippen LogP contribution in [0.1, 0.15) is 31.2 Å². The lowest BCUT2D eigenvalue weighted by atomic mass is 9.84. The first kappa shape index (κ1) is 13.9. The maximum absolute atomic E-state index is 10.6. The number of benzene rings is 1. The van der Waals surface area contributed by atoms with E-state index in [0.29, 0.717) is 24.4 Å². The van der Waals surface area contributed by atoms with Gasteiger partial charge in [-0.3, -0.25) is 0 Å². The summed E-state index contributed by atoms with van der Waals surface area (Å²) < 4.78 is 5.39. The number of methoxy groups -OCH3 is 1. The number of piperidine rings is 1. The van der Waals surface area contributed by atoms with E-state index >= 15 is 0 Å². The molecule has 3 atom stereocenters. The Hall–Kier alpha value is -1.06. The van der Waals surface area contributed by atoms with E-state index in [0.717, 1.165) is 24.2 Å². The number of hydrogen-bond donors (Lipinski definition) is 1. The summed E-state index contributed by atoms with van der Waals surface area (Å²) in [7, 11) is 3.94. The predicted octanol–water partition coefficient (Wildman–Crippen LogP) is 2.47. The van der Waals surface area contributed by atoms with Crippen molar-refractivity contribution < 1.29 is 9.84 Å². The number of para-hydroxylation sites is 1. The highest BCUT2D eigenvalue weighted by Crippen LogP contribution is 2.39. The average Bonchev–Trinajstić information content (AvgIpc) is 2.68. The van der Waals surface area contributed by atoms with Gasteiger partial charge in [-0.25, -0.2) is 0 Å². The molecule has 0 saturated carbocycles. The van der Waals surface area contributed by atoms with E-state index < -0.39 is 0 Å². The third-order valence-corrected chi connectivity index (χ3v) is 5.30. The molecule has 2 aliphatic rings.